The average molecular weight is 195 g/mol. The lowest BCUT2D eigenvalue weighted by Gasteiger charge is -2.20. The summed E-state index contributed by atoms with van der Waals surface area (Å²) in [6.07, 6.45) is -0.137. The summed E-state index contributed by atoms with van der Waals surface area (Å²) in [7, 11) is 0. The van der Waals surface area contributed by atoms with E-state index in [4.69, 9.17) is 10.4 Å². The second kappa shape index (κ2) is 4.01. The van der Waals surface area contributed by atoms with Crippen molar-refractivity contribution in [3.8, 4) is 6.07 Å². The summed E-state index contributed by atoms with van der Waals surface area (Å²) in [6, 6.07) is 1.63. The number of ketones is 2. The summed E-state index contributed by atoms with van der Waals surface area (Å²) in [5.74, 6) is -3.52. The van der Waals surface area contributed by atoms with Gasteiger partial charge in [0.2, 0.25) is 0 Å². The van der Waals surface area contributed by atoms with Crippen molar-refractivity contribution in [3.05, 3.63) is 0 Å². The summed E-state index contributed by atoms with van der Waals surface area (Å²) in [4.78, 5) is 32.7. The van der Waals surface area contributed by atoms with Crippen LogP contribution in [0.15, 0.2) is 0 Å². The summed E-state index contributed by atoms with van der Waals surface area (Å²) < 4.78 is 0. The fraction of sp³-hybridized carbons (Fsp3) is 0.556. The number of nitriles is 1. The first-order valence-corrected chi connectivity index (χ1v) is 4.21. The number of rotatable bonds is 2. The molecule has 5 heteroatoms. The van der Waals surface area contributed by atoms with Gasteiger partial charge in [0.15, 0.2) is 17.5 Å². The Hall–Kier alpha value is -1.70. The average Bonchev–Trinajstić information content (AvgIpc) is 2.01. The van der Waals surface area contributed by atoms with E-state index in [0.717, 1.165) is 0 Å². The quantitative estimate of drug-likeness (QED) is 0.632. The lowest BCUT2D eigenvalue weighted by atomic mass is 9.79. The van der Waals surface area contributed by atoms with Crippen LogP contribution in [0.25, 0.3) is 0 Å². The highest BCUT2D eigenvalue weighted by Crippen LogP contribution is 2.25. The molecule has 1 aliphatic rings. The van der Waals surface area contributed by atoms with Gasteiger partial charge in [0.05, 0.1) is 6.07 Å². The fourth-order valence-electron chi connectivity index (χ4n) is 1.59. The summed E-state index contributed by atoms with van der Waals surface area (Å²) in [5, 5.41) is 17.0. The van der Waals surface area contributed by atoms with Crippen molar-refractivity contribution >= 4 is 17.5 Å². The molecule has 1 saturated carbocycles. The van der Waals surface area contributed by atoms with Gasteiger partial charge >= 0.3 is 5.97 Å². The first kappa shape index (κ1) is 10.4. The van der Waals surface area contributed by atoms with Gasteiger partial charge < -0.3 is 5.11 Å². The Morgan fingerprint density at radius 1 is 1.43 bits per heavy atom. The molecule has 0 bridgehead atoms. The maximum atomic E-state index is 11.2. The first-order valence-electron chi connectivity index (χ1n) is 4.21. The van der Waals surface area contributed by atoms with Gasteiger partial charge in [-0.1, -0.05) is 0 Å². The number of Topliss-reactive ketones (excluding diaryl/α,β-unsaturated/α-hetero) is 2. The van der Waals surface area contributed by atoms with Crippen molar-refractivity contribution < 1.29 is 19.5 Å². The van der Waals surface area contributed by atoms with Crippen LogP contribution in [0.4, 0.5) is 0 Å². The van der Waals surface area contributed by atoms with Crippen molar-refractivity contribution in [2.75, 3.05) is 0 Å². The highest BCUT2D eigenvalue weighted by Gasteiger charge is 2.35. The Bertz CT molecular complexity index is 310. The van der Waals surface area contributed by atoms with Crippen molar-refractivity contribution in [2.24, 2.45) is 11.8 Å². The molecule has 0 radical (unpaired) electrons. The van der Waals surface area contributed by atoms with E-state index in [1.807, 2.05) is 0 Å². The van der Waals surface area contributed by atoms with Crippen LogP contribution in [0.1, 0.15) is 19.3 Å². The molecule has 0 unspecified atom stereocenters. The standard InChI is InChI=1S/C9H9NO4/c10-4-6-7(11)1-5(2-8(6)12)3-9(13)14/h5-6H,1-3H2,(H,13,14). The molecule has 1 fully saturated rings. The summed E-state index contributed by atoms with van der Waals surface area (Å²) in [6.45, 7) is 0. The highest BCUT2D eigenvalue weighted by atomic mass is 16.4. The number of hydrogen-bond donors (Lipinski definition) is 1. The zero-order chi connectivity index (χ0) is 10.7. The minimum Gasteiger partial charge on any atom is -0.481 e. The molecule has 0 heterocycles. The van der Waals surface area contributed by atoms with Gasteiger partial charge in [0.25, 0.3) is 0 Å². The van der Waals surface area contributed by atoms with Crippen LogP contribution in [-0.4, -0.2) is 22.6 Å². The molecule has 0 saturated heterocycles. The molecule has 0 aliphatic heterocycles. The van der Waals surface area contributed by atoms with Crippen LogP contribution >= 0.6 is 0 Å². The van der Waals surface area contributed by atoms with Gasteiger partial charge in [-0.3, -0.25) is 14.4 Å². The van der Waals surface area contributed by atoms with Crippen molar-refractivity contribution in [2.45, 2.75) is 19.3 Å². The van der Waals surface area contributed by atoms with E-state index in [0.29, 0.717) is 0 Å². The van der Waals surface area contributed by atoms with E-state index in [-0.39, 0.29) is 19.3 Å². The van der Waals surface area contributed by atoms with Gasteiger partial charge in [0.1, 0.15) is 0 Å². The smallest absolute Gasteiger partial charge is 0.303 e. The molecule has 74 valence electrons. The van der Waals surface area contributed by atoms with Crippen LogP contribution in [0.5, 0.6) is 0 Å². The lowest BCUT2D eigenvalue weighted by molar-refractivity contribution is -0.140. The third kappa shape index (κ3) is 2.16. The van der Waals surface area contributed by atoms with Crippen molar-refractivity contribution in [3.63, 3.8) is 0 Å². The highest BCUT2D eigenvalue weighted by molar-refractivity contribution is 6.07. The number of carboxylic acid groups (broad SMARTS) is 1. The zero-order valence-corrected chi connectivity index (χ0v) is 7.40. The molecular formula is C9H9NO4. The third-order valence-electron chi connectivity index (χ3n) is 2.22. The molecule has 0 atom stereocenters. The third-order valence-corrected chi connectivity index (χ3v) is 2.22. The Morgan fingerprint density at radius 3 is 2.29 bits per heavy atom. The van der Waals surface area contributed by atoms with E-state index in [9.17, 15) is 14.4 Å². The Labute approximate surface area is 80.3 Å². The van der Waals surface area contributed by atoms with Gasteiger partial charge in [-0.2, -0.15) is 5.26 Å². The molecular weight excluding hydrogens is 186 g/mol. The van der Waals surface area contributed by atoms with Crippen LogP contribution in [-0.2, 0) is 14.4 Å². The topological polar surface area (TPSA) is 95.2 Å². The predicted octanol–water partition coefficient (Wildman–Crippen LogP) is 0.149. The van der Waals surface area contributed by atoms with Gasteiger partial charge in [0, 0.05) is 19.3 Å². The second-order valence-corrected chi connectivity index (χ2v) is 3.37. The van der Waals surface area contributed by atoms with E-state index in [1.54, 1.807) is 6.07 Å². The maximum Gasteiger partial charge on any atom is 0.303 e. The van der Waals surface area contributed by atoms with E-state index >= 15 is 0 Å². The largest absolute Gasteiger partial charge is 0.481 e. The number of carbonyl (C=O) groups excluding carboxylic acids is 2. The zero-order valence-electron chi connectivity index (χ0n) is 7.40. The number of nitrogens with zero attached hydrogens (tertiary/aromatic N) is 1. The molecule has 1 N–H and O–H groups in total. The maximum absolute atomic E-state index is 11.2. The van der Waals surface area contributed by atoms with Crippen LogP contribution < -0.4 is 0 Å². The Morgan fingerprint density at radius 2 is 1.93 bits per heavy atom. The van der Waals surface area contributed by atoms with Crippen LogP contribution in [0.2, 0.25) is 0 Å². The number of hydrogen-bond acceptors (Lipinski definition) is 4. The van der Waals surface area contributed by atoms with E-state index < -0.39 is 29.4 Å². The predicted molar refractivity (Wildman–Crippen MR) is 44.1 cm³/mol. The summed E-state index contributed by atoms with van der Waals surface area (Å²) in [5.41, 5.74) is 0. The second-order valence-electron chi connectivity index (χ2n) is 3.37. The van der Waals surface area contributed by atoms with Gasteiger partial charge in [-0.25, -0.2) is 0 Å². The summed E-state index contributed by atoms with van der Waals surface area (Å²) >= 11 is 0. The number of aliphatic carboxylic acids is 1. The van der Waals surface area contributed by atoms with Crippen molar-refractivity contribution in [1.29, 1.82) is 5.26 Å². The molecule has 0 aromatic rings. The van der Waals surface area contributed by atoms with Gasteiger partial charge in [-0.05, 0) is 5.92 Å². The lowest BCUT2D eigenvalue weighted by Crippen LogP contribution is -2.33. The monoisotopic (exact) mass is 195 g/mol. The molecule has 1 rings (SSSR count). The molecule has 0 aromatic carbocycles. The van der Waals surface area contributed by atoms with E-state index in [2.05, 4.69) is 0 Å². The molecule has 1 aliphatic carbocycles. The van der Waals surface area contributed by atoms with Crippen molar-refractivity contribution in [1.82, 2.24) is 0 Å². The SMILES string of the molecule is N#CC1C(=O)CC(CC(=O)O)CC1=O. The van der Waals surface area contributed by atoms with Gasteiger partial charge in [-0.15, -0.1) is 0 Å². The Kier molecular flexibility index (Phi) is 2.97. The fourth-order valence-corrected chi connectivity index (χ4v) is 1.59. The Balaban J connectivity index is 2.66. The minimum absolute atomic E-state index is 0.0241. The van der Waals surface area contributed by atoms with Crippen LogP contribution in [0, 0.1) is 23.2 Å². The molecule has 5 nitrogen and oxygen atoms in total. The molecule has 0 spiro atoms. The molecule has 14 heavy (non-hydrogen) atoms. The minimum atomic E-state index is -1.17. The normalized spacial score (nSPS) is 27.1. The first-order chi connectivity index (χ1) is 6.54. The molecule has 0 amide bonds. The molecule has 0 aromatic heterocycles. The number of carbonyl (C=O) groups is 3. The number of carboxylic acids is 1. The van der Waals surface area contributed by atoms with E-state index in [1.165, 1.54) is 0 Å². The van der Waals surface area contributed by atoms with Crippen LogP contribution in [0.3, 0.4) is 0 Å².